The van der Waals surface area contributed by atoms with Crippen LogP contribution in [0.15, 0.2) is 23.3 Å². The Bertz CT molecular complexity index is 767. The highest BCUT2D eigenvalue weighted by molar-refractivity contribution is 7.71. The fourth-order valence-corrected chi connectivity index (χ4v) is 2.75. The molecule has 0 bridgehead atoms. The van der Waals surface area contributed by atoms with E-state index in [-0.39, 0.29) is 0 Å². The predicted octanol–water partition coefficient (Wildman–Crippen LogP) is 4.74. The van der Waals surface area contributed by atoms with E-state index >= 15 is 0 Å². The molecule has 7 heteroatoms. The van der Waals surface area contributed by atoms with Crippen molar-refractivity contribution in [2.45, 2.75) is 52.4 Å². The van der Waals surface area contributed by atoms with Crippen LogP contribution in [0.5, 0.6) is 11.5 Å². The van der Waals surface area contributed by atoms with E-state index in [4.69, 9.17) is 21.7 Å². The van der Waals surface area contributed by atoms with Crippen molar-refractivity contribution in [3.8, 4) is 11.5 Å². The number of nitrogens with zero attached hydrogens (tertiary/aromatic N) is 3. The smallest absolute Gasteiger partial charge is 0.216 e. The molecule has 1 N–H and O–H groups in total. The van der Waals surface area contributed by atoms with E-state index in [0.717, 1.165) is 36.4 Å². The molecule has 6 nitrogen and oxygen atoms in total. The molecule has 0 saturated heterocycles. The second-order valence-corrected chi connectivity index (χ2v) is 6.46. The molecule has 1 heterocycles. The first-order valence-electron chi connectivity index (χ1n) is 9.21. The first-order valence-corrected chi connectivity index (χ1v) is 9.61. The van der Waals surface area contributed by atoms with Crippen LogP contribution in [0, 0.1) is 4.77 Å². The Hall–Kier alpha value is -2.15. The van der Waals surface area contributed by atoms with Crippen LogP contribution in [0.3, 0.4) is 0 Å². The Morgan fingerprint density at radius 3 is 2.77 bits per heavy atom. The maximum atomic E-state index is 5.84. The molecule has 142 valence electrons. The predicted molar refractivity (Wildman–Crippen MR) is 107 cm³/mol. The van der Waals surface area contributed by atoms with Gasteiger partial charge in [0.2, 0.25) is 4.77 Å². The summed E-state index contributed by atoms with van der Waals surface area (Å²) in [5.41, 5.74) is 0.908. The fraction of sp³-hybridized carbons (Fsp3) is 0.526. The summed E-state index contributed by atoms with van der Waals surface area (Å²) in [6.07, 6.45) is 8.25. The van der Waals surface area contributed by atoms with Crippen LogP contribution in [0.1, 0.15) is 57.3 Å². The molecule has 1 aromatic heterocycles. The lowest BCUT2D eigenvalue weighted by Crippen LogP contribution is -2.01. The highest BCUT2D eigenvalue weighted by Gasteiger charge is 2.06. The van der Waals surface area contributed by atoms with Crippen LogP contribution in [0.2, 0.25) is 0 Å². The maximum Gasteiger partial charge on any atom is 0.216 e. The van der Waals surface area contributed by atoms with Crippen LogP contribution >= 0.6 is 12.2 Å². The third-order valence-electron chi connectivity index (χ3n) is 3.96. The van der Waals surface area contributed by atoms with Gasteiger partial charge in [0.1, 0.15) is 0 Å². The van der Waals surface area contributed by atoms with Crippen molar-refractivity contribution < 1.29 is 9.47 Å². The minimum absolute atomic E-state index is 0.490. The van der Waals surface area contributed by atoms with Gasteiger partial charge in [0, 0.05) is 6.42 Å². The molecule has 0 saturated carbocycles. The number of rotatable bonds is 11. The standard InChI is InChI=1S/C19H28N4O2S/c1-4-6-7-8-12-25-16-11-10-15(13-17(16)24-3)14-20-23-18(9-5-2)21-22-19(23)26/h10-11,13-14H,4-9,12H2,1-3H3,(H,22,26)/b20-14+. The summed E-state index contributed by atoms with van der Waals surface area (Å²) in [4.78, 5) is 0. The summed E-state index contributed by atoms with van der Waals surface area (Å²) in [6.45, 7) is 5.00. The molecule has 2 rings (SSSR count). The molecule has 2 aromatic rings. The summed E-state index contributed by atoms with van der Waals surface area (Å²) < 4.78 is 13.4. The third kappa shape index (κ3) is 5.69. The number of H-pyrrole nitrogens is 1. The molecule has 0 atom stereocenters. The van der Waals surface area contributed by atoms with E-state index in [9.17, 15) is 0 Å². The minimum atomic E-state index is 0.490. The summed E-state index contributed by atoms with van der Waals surface area (Å²) in [7, 11) is 1.64. The van der Waals surface area contributed by atoms with Gasteiger partial charge < -0.3 is 9.47 Å². The Morgan fingerprint density at radius 2 is 2.04 bits per heavy atom. The first-order chi connectivity index (χ1) is 12.7. The zero-order valence-electron chi connectivity index (χ0n) is 15.8. The number of nitrogens with one attached hydrogen (secondary N) is 1. The molecule has 0 aliphatic carbocycles. The van der Waals surface area contributed by atoms with E-state index in [1.165, 1.54) is 19.3 Å². The molecular weight excluding hydrogens is 348 g/mol. The van der Waals surface area contributed by atoms with E-state index in [1.54, 1.807) is 18.0 Å². The lowest BCUT2D eigenvalue weighted by molar-refractivity contribution is 0.285. The van der Waals surface area contributed by atoms with Gasteiger partial charge in [-0.2, -0.15) is 14.9 Å². The van der Waals surface area contributed by atoms with Gasteiger partial charge in [-0.1, -0.05) is 33.1 Å². The topological polar surface area (TPSA) is 64.4 Å². The van der Waals surface area contributed by atoms with Crippen molar-refractivity contribution in [1.82, 2.24) is 14.9 Å². The van der Waals surface area contributed by atoms with Crippen molar-refractivity contribution >= 4 is 18.4 Å². The number of aromatic amines is 1. The molecule has 0 aliphatic heterocycles. The highest BCUT2D eigenvalue weighted by atomic mass is 32.1. The molecule has 0 unspecified atom stereocenters. The second kappa shape index (κ2) is 10.8. The second-order valence-electron chi connectivity index (χ2n) is 6.07. The van der Waals surface area contributed by atoms with Crippen molar-refractivity contribution in [3.05, 3.63) is 34.4 Å². The molecule has 0 amide bonds. The summed E-state index contributed by atoms with van der Waals surface area (Å²) in [5.74, 6) is 2.29. The quantitative estimate of drug-likeness (QED) is 0.349. The van der Waals surface area contributed by atoms with E-state index in [1.807, 2.05) is 18.2 Å². The van der Waals surface area contributed by atoms with Gasteiger partial charge in [0.25, 0.3) is 0 Å². The van der Waals surface area contributed by atoms with Gasteiger partial charge in [-0.15, -0.1) is 0 Å². The molecule has 26 heavy (non-hydrogen) atoms. The lowest BCUT2D eigenvalue weighted by Gasteiger charge is -2.11. The molecule has 1 aromatic carbocycles. The average Bonchev–Trinajstić information content (AvgIpc) is 3.00. The molecule has 0 fully saturated rings. The Balaban J connectivity index is 2.07. The van der Waals surface area contributed by atoms with Crippen LogP contribution in [-0.2, 0) is 6.42 Å². The summed E-state index contributed by atoms with van der Waals surface area (Å²) in [5, 5.41) is 11.4. The number of hydrogen-bond acceptors (Lipinski definition) is 5. The van der Waals surface area contributed by atoms with Crippen molar-refractivity contribution in [2.24, 2.45) is 5.10 Å². The SMILES string of the molecule is CCCCCCOc1ccc(/C=N/n2c(CCC)n[nH]c2=S)cc1OC. The van der Waals surface area contributed by atoms with Gasteiger partial charge in [-0.05, 0) is 48.8 Å². The monoisotopic (exact) mass is 376 g/mol. The number of aryl methyl sites for hydroxylation is 1. The van der Waals surface area contributed by atoms with Gasteiger partial charge in [0.15, 0.2) is 17.3 Å². The van der Waals surface area contributed by atoms with E-state index in [0.29, 0.717) is 17.1 Å². The number of aromatic nitrogens is 3. The summed E-state index contributed by atoms with van der Waals surface area (Å²) >= 11 is 5.24. The lowest BCUT2D eigenvalue weighted by atomic mass is 10.2. The maximum absolute atomic E-state index is 5.84. The Kier molecular flexibility index (Phi) is 8.34. The zero-order chi connectivity index (χ0) is 18.8. The number of unbranched alkanes of at least 4 members (excludes halogenated alkanes) is 3. The van der Waals surface area contributed by atoms with Crippen LogP contribution in [0.25, 0.3) is 0 Å². The van der Waals surface area contributed by atoms with Gasteiger partial charge in [-0.3, -0.25) is 5.10 Å². The van der Waals surface area contributed by atoms with Crippen LogP contribution in [0.4, 0.5) is 0 Å². The van der Waals surface area contributed by atoms with Crippen molar-refractivity contribution in [2.75, 3.05) is 13.7 Å². The van der Waals surface area contributed by atoms with Gasteiger partial charge in [0.05, 0.1) is 19.9 Å². The average molecular weight is 377 g/mol. The molecule has 0 radical (unpaired) electrons. The zero-order valence-corrected chi connectivity index (χ0v) is 16.6. The highest BCUT2D eigenvalue weighted by Crippen LogP contribution is 2.27. The van der Waals surface area contributed by atoms with Crippen molar-refractivity contribution in [1.29, 1.82) is 0 Å². The molecule has 0 spiro atoms. The van der Waals surface area contributed by atoms with E-state index < -0.39 is 0 Å². The Morgan fingerprint density at radius 1 is 1.19 bits per heavy atom. The minimum Gasteiger partial charge on any atom is -0.493 e. The summed E-state index contributed by atoms with van der Waals surface area (Å²) in [6, 6.07) is 5.78. The van der Waals surface area contributed by atoms with Gasteiger partial charge in [-0.25, -0.2) is 0 Å². The van der Waals surface area contributed by atoms with Crippen LogP contribution in [-0.4, -0.2) is 34.8 Å². The number of hydrogen-bond donors (Lipinski definition) is 1. The Labute approximate surface area is 160 Å². The van der Waals surface area contributed by atoms with Crippen LogP contribution < -0.4 is 9.47 Å². The normalized spacial score (nSPS) is 11.2. The molecule has 0 aliphatic rings. The molecular formula is C19H28N4O2S. The number of methoxy groups -OCH3 is 1. The largest absolute Gasteiger partial charge is 0.493 e. The third-order valence-corrected chi connectivity index (χ3v) is 4.22. The number of benzene rings is 1. The fourth-order valence-electron chi connectivity index (χ4n) is 2.55. The first kappa shape index (κ1) is 20.2. The van der Waals surface area contributed by atoms with Crippen molar-refractivity contribution in [3.63, 3.8) is 0 Å². The van der Waals surface area contributed by atoms with Gasteiger partial charge >= 0.3 is 0 Å². The van der Waals surface area contributed by atoms with E-state index in [2.05, 4.69) is 29.1 Å². The number of ether oxygens (including phenoxy) is 2.